The number of fused-ring (bicyclic) bond motifs is 1. The van der Waals surface area contributed by atoms with Crippen LogP contribution in [0.2, 0.25) is 0 Å². The van der Waals surface area contributed by atoms with Crippen molar-refractivity contribution in [3.8, 4) is 0 Å². The van der Waals surface area contributed by atoms with Gasteiger partial charge in [-0.25, -0.2) is 13.4 Å². The molecule has 1 aromatic carbocycles. The fourth-order valence-corrected chi connectivity index (χ4v) is 2.62. The maximum absolute atomic E-state index is 11.4. The highest BCUT2D eigenvalue weighted by atomic mass is 35.5. The van der Waals surface area contributed by atoms with E-state index >= 15 is 0 Å². The lowest BCUT2D eigenvalue weighted by atomic mass is 10.3. The summed E-state index contributed by atoms with van der Waals surface area (Å²) < 4.78 is 24.8. The third-order valence-corrected chi connectivity index (χ3v) is 3.98. The minimum atomic E-state index is -3.20. The van der Waals surface area contributed by atoms with E-state index in [4.69, 9.17) is 11.6 Å². The number of imidazole rings is 1. The van der Waals surface area contributed by atoms with Crippen LogP contribution in [0.4, 0.5) is 0 Å². The molecule has 0 aliphatic rings. The minimum Gasteiger partial charge on any atom is -0.330 e. The Balaban J connectivity index is 2.72. The van der Waals surface area contributed by atoms with Crippen LogP contribution in [0.5, 0.6) is 0 Å². The number of benzene rings is 1. The summed E-state index contributed by atoms with van der Waals surface area (Å²) in [5.41, 5.74) is 1.53. The molecule has 0 aliphatic carbocycles. The molecule has 17 heavy (non-hydrogen) atoms. The number of aryl methyl sites for hydroxylation is 1. The van der Waals surface area contributed by atoms with Crippen molar-refractivity contribution in [1.29, 1.82) is 0 Å². The Morgan fingerprint density at radius 2 is 2.06 bits per heavy atom. The van der Waals surface area contributed by atoms with E-state index in [2.05, 4.69) is 4.98 Å². The minimum absolute atomic E-state index is 0.214. The van der Waals surface area contributed by atoms with Gasteiger partial charge < -0.3 is 4.57 Å². The van der Waals surface area contributed by atoms with Crippen molar-refractivity contribution in [1.82, 2.24) is 9.55 Å². The van der Waals surface area contributed by atoms with Gasteiger partial charge in [0.25, 0.3) is 0 Å². The number of halogens is 1. The molecule has 0 N–H and O–H groups in total. The first-order valence-electron chi connectivity index (χ1n) is 5.11. The van der Waals surface area contributed by atoms with E-state index in [0.717, 1.165) is 11.3 Å². The Hall–Kier alpha value is -1.07. The van der Waals surface area contributed by atoms with Gasteiger partial charge in [0.05, 0.1) is 21.3 Å². The van der Waals surface area contributed by atoms with Crippen LogP contribution < -0.4 is 0 Å². The molecule has 2 rings (SSSR count). The van der Waals surface area contributed by atoms with Crippen LogP contribution in [-0.4, -0.2) is 24.2 Å². The van der Waals surface area contributed by atoms with Crippen LogP contribution in [0.1, 0.15) is 18.1 Å². The zero-order chi connectivity index (χ0) is 12.8. The van der Waals surface area contributed by atoms with E-state index in [0.29, 0.717) is 5.52 Å². The molecule has 4 nitrogen and oxygen atoms in total. The lowest BCUT2D eigenvalue weighted by Crippen LogP contribution is -1.98. The largest absolute Gasteiger partial charge is 0.330 e. The molecule has 92 valence electrons. The molecule has 1 aromatic heterocycles. The molecule has 0 amide bonds. The van der Waals surface area contributed by atoms with Crippen LogP contribution in [0.3, 0.4) is 0 Å². The van der Waals surface area contributed by atoms with Crippen LogP contribution in [0.15, 0.2) is 23.1 Å². The number of nitrogens with zero attached hydrogens (tertiary/aromatic N) is 2. The molecule has 1 unspecified atom stereocenters. The highest BCUT2D eigenvalue weighted by Crippen LogP contribution is 2.25. The monoisotopic (exact) mass is 272 g/mol. The number of sulfone groups is 1. The van der Waals surface area contributed by atoms with Gasteiger partial charge in [-0.05, 0) is 25.1 Å². The fraction of sp³-hybridized carbons (Fsp3) is 0.364. The maximum atomic E-state index is 11.4. The van der Waals surface area contributed by atoms with Gasteiger partial charge in [-0.2, -0.15) is 0 Å². The summed E-state index contributed by atoms with van der Waals surface area (Å²) >= 11 is 6.01. The van der Waals surface area contributed by atoms with Crippen molar-refractivity contribution >= 4 is 32.5 Å². The second-order valence-electron chi connectivity index (χ2n) is 4.07. The maximum Gasteiger partial charge on any atom is 0.175 e. The van der Waals surface area contributed by atoms with Crippen molar-refractivity contribution in [2.45, 2.75) is 17.2 Å². The van der Waals surface area contributed by atoms with Crippen molar-refractivity contribution in [3.05, 3.63) is 24.0 Å². The first kappa shape index (κ1) is 12.4. The molecule has 0 saturated heterocycles. The number of aromatic nitrogens is 2. The second kappa shape index (κ2) is 3.99. The number of rotatable bonds is 2. The average molecular weight is 273 g/mol. The Bertz CT molecular complexity index is 674. The standard InChI is InChI=1S/C11H13ClN2O2S/c1-7(12)11-13-9-6-8(17(3,15)16)4-5-10(9)14(11)2/h4-7H,1-3H3. The second-order valence-corrected chi connectivity index (χ2v) is 6.74. The lowest BCUT2D eigenvalue weighted by Gasteiger charge is -2.02. The van der Waals surface area contributed by atoms with Crippen molar-refractivity contribution in [2.75, 3.05) is 6.26 Å². The Morgan fingerprint density at radius 3 is 2.59 bits per heavy atom. The van der Waals surface area contributed by atoms with E-state index in [1.807, 2.05) is 18.5 Å². The van der Waals surface area contributed by atoms with Crippen molar-refractivity contribution < 1.29 is 8.42 Å². The number of hydrogen-bond donors (Lipinski definition) is 0. The van der Waals surface area contributed by atoms with E-state index in [1.54, 1.807) is 18.2 Å². The predicted octanol–water partition coefficient (Wildman–Crippen LogP) is 2.28. The number of hydrogen-bond acceptors (Lipinski definition) is 3. The zero-order valence-electron chi connectivity index (χ0n) is 9.81. The Kier molecular flexibility index (Phi) is 2.91. The molecule has 6 heteroatoms. The zero-order valence-corrected chi connectivity index (χ0v) is 11.4. The van der Waals surface area contributed by atoms with Gasteiger partial charge in [-0.1, -0.05) is 0 Å². The molecule has 0 fully saturated rings. The summed E-state index contributed by atoms with van der Waals surface area (Å²) in [4.78, 5) is 4.63. The first-order valence-corrected chi connectivity index (χ1v) is 7.44. The normalized spacial score (nSPS) is 14.1. The molecule has 0 spiro atoms. The van der Waals surface area contributed by atoms with Gasteiger partial charge in [-0.15, -0.1) is 11.6 Å². The van der Waals surface area contributed by atoms with Crippen LogP contribution in [-0.2, 0) is 16.9 Å². The molecular weight excluding hydrogens is 260 g/mol. The molecular formula is C11H13ClN2O2S. The molecule has 1 atom stereocenters. The molecule has 0 radical (unpaired) electrons. The fourth-order valence-electron chi connectivity index (χ4n) is 1.78. The first-order chi connectivity index (χ1) is 7.80. The molecule has 2 aromatic rings. The molecule has 0 saturated carbocycles. The highest BCUT2D eigenvalue weighted by molar-refractivity contribution is 7.90. The summed E-state index contributed by atoms with van der Waals surface area (Å²) in [7, 11) is -1.34. The molecule has 0 bridgehead atoms. The number of alkyl halides is 1. The Labute approximate surface area is 105 Å². The van der Waals surface area contributed by atoms with Crippen LogP contribution in [0.25, 0.3) is 11.0 Å². The van der Waals surface area contributed by atoms with Gasteiger partial charge in [0.15, 0.2) is 9.84 Å². The van der Waals surface area contributed by atoms with E-state index in [1.165, 1.54) is 6.26 Å². The van der Waals surface area contributed by atoms with Gasteiger partial charge >= 0.3 is 0 Å². The smallest absolute Gasteiger partial charge is 0.175 e. The summed E-state index contributed by atoms with van der Waals surface area (Å²) in [6.45, 7) is 1.83. The van der Waals surface area contributed by atoms with Crippen LogP contribution in [0, 0.1) is 0 Å². The third kappa shape index (κ3) is 2.17. The summed E-state index contributed by atoms with van der Waals surface area (Å²) in [5, 5.41) is -0.214. The van der Waals surface area contributed by atoms with Crippen molar-refractivity contribution in [3.63, 3.8) is 0 Å². The summed E-state index contributed by atoms with van der Waals surface area (Å²) in [6, 6.07) is 4.91. The quantitative estimate of drug-likeness (QED) is 0.788. The van der Waals surface area contributed by atoms with Crippen LogP contribution >= 0.6 is 11.6 Å². The lowest BCUT2D eigenvalue weighted by molar-refractivity contribution is 0.602. The van der Waals surface area contributed by atoms with Gasteiger partial charge in [-0.3, -0.25) is 0 Å². The summed E-state index contributed by atoms with van der Waals surface area (Å²) in [6.07, 6.45) is 1.18. The van der Waals surface area contributed by atoms with Gasteiger partial charge in [0.2, 0.25) is 0 Å². The van der Waals surface area contributed by atoms with E-state index in [9.17, 15) is 8.42 Å². The van der Waals surface area contributed by atoms with Gasteiger partial charge in [0.1, 0.15) is 5.82 Å². The third-order valence-electron chi connectivity index (χ3n) is 2.67. The highest BCUT2D eigenvalue weighted by Gasteiger charge is 2.14. The predicted molar refractivity (Wildman–Crippen MR) is 68.1 cm³/mol. The molecule has 0 aliphatic heterocycles. The SMILES string of the molecule is CC(Cl)c1nc2cc(S(C)(=O)=O)ccc2n1C. The molecule has 1 heterocycles. The van der Waals surface area contributed by atoms with Crippen molar-refractivity contribution in [2.24, 2.45) is 7.05 Å². The summed E-state index contributed by atoms with van der Waals surface area (Å²) in [5.74, 6) is 0.729. The van der Waals surface area contributed by atoms with E-state index in [-0.39, 0.29) is 10.3 Å². The van der Waals surface area contributed by atoms with E-state index < -0.39 is 9.84 Å². The Morgan fingerprint density at radius 1 is 1.41 bits per heavy atom. The van der Waals surface area contributed by atoms with Gasteiger partial charge in [0, 0.05) is 13.3 Å². The topological polar surface area (TPSA) is 52.0 Å². The average Bonchev–Trinajstić information content (AvgIpc) is 2.54.